The van der Waals surface area contributed by atoms with Gasteiger partial charge in [-0.3, -0.25) is 4.79 Å². The number of hydrogen-bond donors (Lipinski definition) is 0. The minimum absolute atomic E-state index is 0.112. The van der Waals surface area contributed by atoms with Crippen LogP contribution in [-0.4, -0.2) is 21.7 Å². The first kappa shape index (κ1) is 12.9. The Bertz CT molecular complexity index is 553. The Labute approximate surface area is 115 Å². The second-order valence-electron chi connectivity index (χ2n) is 3.04. The molecular formula is C9H6Cl2N2O2S2. The van der Waals surface area contributed by atoms with Crippen molar-refractivity contribution in [2.75, 3.05) is 5.75 Å². The van der Waals surface area contributed by atoms with E-state index in [1.807, 2.05) is 0 Å². The molecule has 0 unspecified atom stereocenters. The van der Waals surface area contributed by atoms with E-state index in [-0.39, 0.29) is 11.5 Å². The summed E-state index contributed by atoms with van der Waals surface area (Å²) in [5.41, 5.74) is 0.436. The molecule has 0 N–H and O–H groups in total. The molecule has 0 aromatic carbocycles. The van der Waals surface area contributed by atoms with Gasteiger partial charge in [-0.05, 0) is 6.07 Å². The number of aromatic nitrogens is 2. The Morgan fingerprint density at radius 1 is 1.53 bits per heavy atom. The van der Waals surface area contributed by atoms with Crippen molar-refractivity contribution in [3.05, 3.63) is 26.2 Å². The molecule has 0 aliphatic rings. The van der Waals surface area contributed by atoms with Crippen LogP contribution in [0.1, 0.15) is 16.2 Å². The lowest BCUT2D eigenvalue weighted by molar-refractivity contribution is 0.102. The number of Topliss-reactive ketones (excluding diaryl/α,β-unsaturated/α-hetero) is 1. The summed E-state index contributed by atoms with van der Waals surface area (Å²) in [7, 11) is 0. The molecule has 0 saturated carbocycles. The summed E-state index contributed by atoms with van der Waals surface area (Å²) in [6.07, 6.45) is 0. The lowest BCUT2D eigenvalue weighted by Crippen LogP contribution is -2.01. The summed E-state index contributed by atoms with van der Waals surface area (Å²) in [6.45, 7) is 1.69. The quantitative estimate of drug-likeness (QED) is 0.636. The van der Waals surface area contributed by atoms with Gasteiger partial charge in [0.15, 0.2) is 5.78 Å². The van der Waals surface area contributed by atoms with Crippen molar-refractivity contribution in [2.45, 2.75) is 12.1 Å². The monoisotopic (exact) mass is 308 g/mol. The Morgan fingerprint density at radius 2 is 2.29 bits per heavy atom. The molecule has 0 amide bonds. The molecule has 0 fully saturated rings. The van der Waals surface area contributed by atoms with Crippen molar-refractivity contribution in [1.82, 2.24) is 10.2 Å². The summed E-state index contributed by atoms with van der Waals surface area (Å²) in [6, 6.07) is 1.57. The summed E-state index contributed by atoms with van der Waals surface area (Å²) in [4.78, 5) is 11.8. The lowest BCUT2D eigenvalue weighted by Gasteiger charge is -1.95. The highest BCUT2D eigenvalue weighted by Gasteiger charge is 2.15. The number of rotatable bonds is 4. The number of aryl methyl sites for hydroxylation is 1. The molecule has 90 valence electrons. The van der Waals surface area contributed by atoms with Crippen LogP contribution in [0.5, 0.6) is 0 Å². The van der Waals surface area contributed by atoms with Crippen molar-refractivity contribution >= 4 is 52.1 Å². The van der Waals surface area contributed by atoms with Crippen LogP contribution in [-0.2, 0) is 0 Å². The van der Waals surface area contributed by atoms with Crippen molar-refractivity contribution in [3.63, 3.8) is 0 Å². The average molecular weight is 309 g/mol. The molecule has 2 heterocycles. The smallest absolute Gasteiger partial charge is 0.277 e. The molecule has 0 aliphatic carbocycles. The van der Waals surface area contributed by atoms with Gasteiger partial charge in [0.2, 0.25) is 5.89 Å². The van der Waals surface area contributed by atoms with E-state index in [0.717, 1.165) is 0 Å². The van der Waals surface area contributed by atoms with Crippen molar-refractivity contribution in [2.24, 2.45) is 0 Å². The minimum Gasteiger partial charge on any atom is -0.416 e. The summed E-state index contributed by atoms with van der Waals surface area (Å²) in [5, 5.41) is 7.81. The predicted molar refractivity (Wildman–Crippen MR) is 68.4 cm³/mol. The largest absolute Gasteiger partial charge is 0.416 e. The van der Waals surface area contributed by atoms with E-state index in [1.165, 1.54) is 23.1 Å². The van der Waals surface area contributed by atoms with E-state index < -0.39 is 0 Å². The second-order valence-corrected chi connectivity index (χ2v) is 6.25. The maximum atomic E-state index is 11.8. The number of carbonyl (C=O) groups is 1. The van der Waals surface area contributed by atoms with Gasteiger partial charge in [0.25, 0.3) is 5.22 Å². The van der Waals surface area contributed by atoms with E-state index in [9.17, 15) is 4.79 Å². The molecule has 0 radical (unpaired) electrons. The molecule has 8 heteroatoms. The maximum absolute atomic E-state index is 11.8. The number of ketones is 1. The fourth-order valence-corrected chi connectivity index (χ4v) is 3.26. The molecule has 0 atom stereocenters. The van der Waals surface area contributed by atoms with Crippen molar-refractivity contribution < 1.29 is 9.21 Å². The summed E-state index contributed by atoms with van der Waals surface area (Å²) < 4.78 is 6.04. The van der Waals surface area contributed by atoms with Crippen LogP contribution >= 0.6 is 46.3 Å². The number of hydrogen-bond acceptors (Lipinski definition) is 6. The van der Waals surface area contributed by atoms with E-state index in [1.54, 1.807) is 13.0 Å². The molecule has 4 nitrogen and oxygen atoms in total. The predicted octanol–water partition coefficient (Wildman–Crippen LogP) is 3.72. The number of thiophene rings is 1. The van der Waals surface area contributed by atoms with Gasteiger partial charge < -0.3 is 4.42 Å². The first-order valence-electron chi connectivity index (χ1n) is 4.47. The van der Waals surface area contributed by atoms with E-state index in [4.69, 9.17) is 27.6 Å². The molecule has 2 aromatic heterocycles. The molecule has 0 spiro atoms. The zero-order valence-electron chi connectivity index (χ0n) is 8.57. The van der Waals surface area contributed by atoms with Crippen LogP contribution in [0.3, 0.4) is 0 Å². The Hall–Kier alpha value is -0.560. The van der Waals surface area contributed by atoms with Gasteiger partial charge in [-0.1, -0.05) is 35.0 Å². The van der Waals surface area contributed by atoms with Crippen LogP contribution in [0.15, 0.2) is 15.7 Å². The lowest BCUT2D eigenvalue weighted by atomic mass is 10.2. The first-order chi connectivity index (χ1) is 8.06. The summed E-state index contributed by atoms with van der Waals surface area (Å²) >= 11 is 14.0. The highest BCUT2D eigenvalue weighted by molar-refractivity contribution is 7.99. The SMILES string of the molecule is Cc1nnc(SCC(=O)c2cc(Cl)sc2Cl)o1. The second kappa shape index (κ2) is 5.39. The van der Waals surface area contributed by atoms with Crippen LogP contribution < -0.4 is 0 Å². The number of thioether (sulfide) groups is 1. The number of halogens is 2. The van der Waals surface area contributed by atoms with E-state index in [0.29, 0.717) is 25.3 Å². The van der Waals surface area contributed by atoms with Crippen LogP contribution in [0.25, 0.3) is 0 Å². The van der Waals surface area contributed by atoms with Gasteiger partial charge in [0, 0.05) is 12.5 Å². The minimum atomic E-state index is -0.112. The van der Waals surface area contributed by atoms with E-state index in [2.05, 4.69) is 10.2 Å². The topological polar surface area (TPSA) is 56.0 Å². The molecule has 0 bridgehead atoms. The highest BCUT2D eigenvalue weighted by atomic mass is 35.5. The number of nitrogens with zero attached hydrogens (tertiary/aromatic N) is 2. The third kappa shape index (κ3) is 3.22. The molecule has 2 aromatic rings. The fourth-order valence-electron chi connectivity index (χ4n) is 1.07. The zero-order valence-corrected chi connectivity index (χ0v) is 11.7. The van der Waals surface area contributed by atoms with Gasteiger partial charge in [0.1, 0.15) is 4.34 Å². The molecule has 17 heavy (non-hydrogen) atoms. The van der Waals surface area contributed by atoms with Crippen molar-refractivity contribution in [1.29, 1.82) is 0 Å². The first-order valence-corrected chi connectivity index (χ1v) is 7.03. The van der Waals surface area contributed by atoms with Crippen LogP contribution in [0.4, 0.5) is 0 Å². The average Bonchev–Trinajstić information content (AvgIpc) is 2.81. The third-order valence-corrected chi connectivity index (χ3v) is 4.10. The molecule has 2 rings (SSSR count). The molecule has 0 aliphatic heterocycles. The Morgan fingerprint density at radius 3 is 2.82 bits per heavy atom. The summed E-state index contributed by atoms with van der Waals surface area (Å²) in [5.74, 6) is 0.546. The van der Waals surface area contributed by atoms with Crippen LogP contribution in [0.2, 0.25) is 8.67 Å². The van der Waals surface area contributed by atoms with Gasteiger partial charge in [0.05, 0.1) is 10.1 Å². The van der Waals surface area contributed by atoms with Crippen molar-refractivity contribution in [3.8, 4) is 0 Å². The van der Waals surface area contributed by atoms with E-state index >= 15 is 0 Å². The normalized spacial score (nSPS) is 10.8. The fraction of sp³-hybridized carbons (Fsp3) is 0.222. The third-order valence-electron chi connectivity index (χ3n) is 1.79. The van der Waals surface area contributed by atoms with Gasteiger partial charge >= 0.3 is 0 Å². The zero-order chi connectivity index (χ0) is 12.4. The van der Waals surface area contributed by atoms with Gasteiger partial charge in [-0.15, -0.1) is 21.5 Å². The van der Waals surface area contributed by atoms with Gasteiger partial charge in [-0.25, -0.2) is 0 Å². The highest BCUT2D eigenvalue weighted by Crippen LogP contribution is 2.32. The van der Waals surface area contributed by atoms with Crippen LogP contribution in [0, 0.1) is 6.92 Å². The molecule has 0 saturated heterocycles. The Balaban J connectivity index is 2.00. The Kier molecular flexibility index (Phi) is 4.09. The maximum Gasteiger partial charge on any atom is 0.277 e. The number of carbonyl (C=O) groups excluding carboxylic acids is 1. The van der Waals surface area contributed by atoms with Gasteiger partial charge in [-0.2, -0.15) is 0 Å². The molecular weight excluding hydrogens is 303 g/mol. The standard InChI is InChI=1S/C9H6Cl2N2O2S2/c1-4-12-13-9(15-4)16-3-6(14)5-2-7(10)17-8(5)11/h2H,3H2,1H3.